The van der Waals surface area contributed by atoms with Crippen molar-refractivity contribution in [2.75, 3.05) is 18.6 Å². The molecular weight excluding hydrogens is 330 g/mol. The topological polar surface area (TPSA) is 66.8 Å². The van der Waals surface area contributed by atoms with E-state index >= 15 is 0 Å². The molecule has 5 heteroatoms. The minimum atomic E-state index is -0.837. The molecular formula is C21H23NO4. The number of carboxylic acids is 1. The molecule has 5 nitrogen and oxygen atoms in total. The predicted octanol–water partition coefficient (Wildman–Crippen LogP) is 3.70. The average molecular weight is 353 g/mol. The van der Waals surface area contributed by atoms with Gasteiger partial charge < -0.3 is 14.7 Å². The molecule has 26 heavy (non-hydrogen) atoms. The maximum Gasteiger partial charge on any atom is 0.337 e. The van der Waals surface area contributed by atoms with Gasteiger partial charge >= 0.3 is 11.9 Å². The van der Waals surface area contributed by atoms with Gasteiger partial charge in [0.2, 0.25) is 0 Å². The number of carboxylic acid groups (broad SMARTS) is 1. The average Bonchev–Trinajstić information content (AvgIpc) is 3.14. The zero-order chi connectivity index (χ0) is 18.5. The Morgan fingerprint density at radius 1 is 1.15 bits per heavy atom. The zero-order valence-electron chi connectivity index (χ0n) is 14.8. The van der Waals surface area contributed by atoms with Crippen molar-refractivity contribution in [3.63, 3.8) is 0 Å². The Balaban J connectivity index is 1.78. The lowest BCUT2D eigenvalue weighted by atomic mass is 9.90. The highest BCUT2D eigenvalue weighted by molar-refractivity contribution is 5.89. The van der Waals surface area contributed by atoms with E-state index in [-0.39, 0.29) is 6.04 Å². The van der Waals surface area contributed by atoms with Gasteiger partial charge in [0, 0.05) is 18.3 Å². The fraction of sp³-hybridized carbons (Fsp3) is 0.333. The van der Waals surface area contributed by atoms with E-state index in [9.17, 15) is 14.7 Å². The van der Waals surface area contributed by atoms with E-state index in [0.717, 1.165) is 25.1 Å². The molecule has 2 unspecified atom stereocenters. The summed E-state index contributed by atoms with van der Waals surface area (Å²) in [5.74, 6) is -1.86. The minimum absolute atomic E-state index is 0.193. The first-order valence-corrected chi connectivity index (χ1v) is 8.83. The Morgan fingerprint density at radius 2 is 1.85 bits per heavy atom. The van der Waals surface area contributed by atoms with Gasteiger partial charge in [0.15, 0.2) is 0 Å². The number of hydrogen-bond donors (Lipinski definition) is 1. The molecule has 0 aliphatic carbocycles. The van der Waals surface area contributed by atoms with Gasteiger partial charge in [-0.25, -0.2) is 4.79 Å². The molecule has 0 spiro atoms. The van der Waals surface area contributed by atoms with Crippen LogP contribution >= 0.6 is 0 Å². The van der Waals surface area contributed by atoms with Crippen LogP contribution in [0.4, 0.5) is 5.69 Å². The van der Waals surface area contributed by atoms with Gasteiger partial charge in [0.1, 0.15) is 0 Å². The molecule has 3 rings (SSSR count). The number of nitrogens with zero attached hydrogens (tertiary/aromatic N) is 1. The maximum atomic E-state index is 11.9. The minimum Gasteiger partial charge on any atom is -0.481 e. The van der Waals surface area contributed by atoms with Gasteiger partial charge in [-0.15, -0.1) is 0 Å². The second-order valence-electron chi connectivity index (χ2n) is 6.57. The van der Waals surface area contributed by atoms with E-state index in [0.29, 0.717) is 17.5 Å². The van der Waals surface area contributed by atoms with Crippen LogP contribution in [0.25, 0.3) is 0 Å². The molecule has 0 saturated carbocycles. The van der Waals surface area contributed by atoms with Crippen LogP contribution in [0.5, 0.6) is 0 Å². The fourth-order valence-electron chi connectivity index (χ4n) is 3.66. The number of ether oxygens (including phenoxy) is 1. The smallest absolute Gasteiger partial charge is 0.337 e. The van der Waals surface area contributed by atoms with Crippen molar-refractivity contribution in [3.8, 4) is 0 Å². The van der Waals surface area contributed by atoms with E-state index < -0.39 is 17.9 Å². The van der Waals surface area contributed by atoms with Crippen LogP contribution in [0.3, 0.4) is 0 Å². The zero-order valence-corrected chi connectivity index (χ0v) is 14.8. The molecule has 0 bridgehead atoms. The molecule has 1 heterocycles. The molecule has 0 amide bonds. The lowest BCUT2D eigenvalue weighted by Crippen LogP contribution is -2.32. The van der Waals surface area contributed by atoms with Crippen LogP contribution < -0.4 is 4.90 Å². The van der Waals surface area contributed by atoms with Crippen LogP contribution in [0.2, 0.25) is 0 Å². The number of rotatable bonds is 6. The predicted molar refractivity (Wildman–Crippen MR) is 99.6 cm³/mol. The first-order valence-electron chi connectivity index (χ1n) is 8.83. The number of esters is 1. The molecule has 0 aromatic heterocycles. The van der Waals surface area contributed by atoms with Gasteiger partial charge in [-0.05, 0) is 49.1 Å². The molecule has 136 valence electrons. The Bertz CT molecular complexity index is 757. The van der Waals surface area contributed by atoms with Crippen LogP contribution in [0.15, 0.2) is 54.6 Å². The molecule has 1 saturated heterocycles. The number of carbonyl (C=O) groups is 2. The second-order valence-corrected chi connectivity index (χ2v) is 6.57. The van der Waals surface area contributed by atoms with Crippen molar-refractivity contribution in [2.24, 2.45) is 0 Å². The number of hydrogen-bond acceptors (Lipinski definition) is 4. The molecule has 1 N–H and O–H groups in total. The van der Waals surface area contributed by atoms with E-state index in [1.54, 1.807) is 24.3 Å². The first-order chi connectivity index (χ1) is 12.6. The highest BCUT2D eigenvalue weighted by Gasteiger charge is 2.31. The van der Waals surface area contributed by atoms with E-state index in [2.05, 4.69) is 17.0 Å². The second kappa shape index (κ2) is 8.04. The van der Waals surface area contributed by atoms with Crippen molar-refractivity contribution < 1.29 is 19.4 Å². The summed E-state index contributed by atoms with van der Waals surface area (Å²) in [4.78, 5) is 25.8. The summed E-state index contributed by atoms with van der Waals surface area (Å²) in [6.45, 7) is 0.947. The third-order valence-corrected chi connectivity index (χ3v) is 5.01. The summed E-state index contributed by atoms with van der Waals surface area (Å²) in [5, 5.41) is 9.76. The number of para-hydroxylation sites is 1. The first kappa shape index (κ1) is 18.0. The quantitative estimate of drug-likeness (QED) is 0.802. The van der Waals surface area contributed by atoms with Crippen molar-refractivity contribution in [1.82, 2.24) is 0 Å². The van der Waals surface area contributed by atoms with Gasteiger partial charge in [0.25, 0.3) is 0 Å². The Labute approximate surface area is 153 Å². The fourth-order valence-corrected chi connectivity index (χ4v) is 3.66. The monoisotopic (exact) mass is 353 g/mol. The number of methoxy groups -OCH3 is 1. The molecule has 2 atom stereocenters. The lowest BCUT2D eigenvalue weighted by molar-refractivity contribution is -0.139. The number of aliphatic carboxylic acids is 1. The van der Waals surface area contributed by atoms with Crippen LogP contribution in [0.1, 0.15) is 41.1 Å². The summed E-state index contributed by atoms with van der Waals surface area (Å²) in [5.41, 5.74) is 2.28. The number of carbonyl (C=O) groups excluding carboxylic acids is 1. The molecule has 1 aliphatic rings. The number of benzene rings is 2. The largest absolute Gasteiger partial charge is 0.481 e. The Kier molecular flexibility index (Phi) is 5.56. The third kappa shape index (κ3) is 3.87. The van der Waals surface area contributed by atoms with Gasteiger partial charge in [-0.2, -0.15) is 0 Å². The van der Waals surface area contributed by atoms with Gasteiger partial charge in [0.05, 0.1) is 18.6 Å². The highest BCUT2D eigenvalue weighted by Crippen LogP contribution is 2.32. The van der Waals surface area contributed by atoms with Crippen molar-refractivity contribution in [3.05, 3.63) is 65.7 Å². The van der Waals surface area contributed by atoms with Crippen molar-refractivity contribution in [1.29, 1.82) is 0 Å². The van der Waals surface area contributed by atoms with Crippen LogP contribution in [-0.2, 0) is 9.53 Å². The molecule has 2 aromatic rings. The molecule has 1 aliphatic heterocycles. The highest BCUT2D eigenvalue weighted by atomic mass is 16.5. The van der Waals surface area contributed by atoms with Crippen molar-refractivity contribution >= 4 is 17.6 Å². The Hall–Kier alpha value is -2.82. The van der Waals surface area contributed by atoms with E-state index in [1.807, 2.05) is 18.2 Å². The Morgan fingerprint density at radius 3 is 2.46 bits per heavy atom. The van der Waals surface area contributed by atoms with Gasteiger partial charge in [-0.3, -0.25) is 4.79 Å². The summed E-state index contributed by atoms with van der Waals surface area (Å²) in [7, 11) is 1.33. The number of anilines is 1. The van der Waals surface area contributed by atoms with E-state index in [1.165, 1.54) is 7.11 Å². The van der Waals surface area contributed by atoms with Crippen LogP contribution in [-0.4, -0.2) is 36.7 Å². The lowest BCUT2D eigenvalue weighted by Gasteiger charge is -2.29. The SMILES string of the molecule is COC(=O)c1ccc(C(CC2CCCN2c2ccccc2)C(=O)O)cc1. The summed E-state index contributed by atoms with van der Waals surface area (Å²) < 4.78 is 4.69. The summed E-state index contributed by atoms with van der Waals surface area (Å²) >= 11 is 0. The van der Waals surface area contributed by atoms with Gasteiger partial charge in [-0.1, -0.05) is 30.3 Å². The molecule has 0 radical (unpaired) electrons. The standard InChI is InChI=1S/C21H23NO4/c1-26-21(25)16-11-9-15(10-12-16)19(20(23)24)14-18-8-5-13-22(18)17-6-3-2-4-7-17/h2-4,6-7,9-12,18-19H,5,8,13-14H2,1H3,(H,23,24). The van der Waals surface area contributed by atoms with E-state index in [4.69, 9.17) is 4.74 Å². The van der Waals surface area contributed by atoms with Crippen LogP contribution in [0, 0.1) is 0 Å². The summed E-state index contributed by atoms with van der Waals surface area (Å²) in [6, 6.07) is 17.0. The maximum absolute atomic E-state index is 11.9. The molecule has 1 fully saturated rings. The molecule has 2 aromatic carbocycles. The summed E-state index contributed by atoms with van der Waals surface area (Å²) in [6.07, 6.45) is 2.59. The third-order valence-electron chi connectivity index (χ3n) is 5.01. The normalized spacial score (nSPS) is 17.7. The van der Waals surface area contributed by atoms with Crippen molar-refractivity contribution in [2.45, 2.75) is 31.2 Å².